The molecule has 1 aliphatic rings. The van der Waals surface area contributed by atoms with Crippen molar-refractivity contribution in [2.24, 2.45) is 0 Å². The fourth-order valence-corrected chi connectivity index (χ4v) is 9.31. The van der Waals surface area contributed by atoms with E-state index in [1.807, 2.05) is 6.08 Å². The molecule has 0 aromatic carbocycles. The second kappa shape index (κ2) is 49.4. The number of allylic oxidation sites excluding steroid dienone is 3. The predicted molar refractivity (Wildman–Crippen MR) is 288 cm³/mol. The summed E-state index contributed by atoms with van der Waals surface area (Å²) in [6, 6.07) is -0.816. The summed E-state index contributed by atoms with van der Waals surface area (Å²) < 4.78 is 16.7. The number of hydrogen-bond acceptors (Lipinski definition) is 10. The van der Waals surface area contributed by atoms with E-state index >= 15 is 0 Å². The van der Waals surface area contributed by atoms with Gasteiger partial charge < -0.3 is 45.1 Å². The minimum atomic E-state index is -1.57. The third-order valence-electron chi connectivity index (χ3n) is 14.1. The molecule has 1 heterocycles. The van der Waals surface area contributed by atoms with Crippen molar-refractivity contribution in [2.75, 3.05) is 19.8 Å². The molecule has 0 radical (unpaired) electrons. The van der Waals surface area contributed by atoms with Gasteiger partial charge in [-0.1, -0.05) is 231 Å². The van der Waals surface area contributed by atoms with Crippen molar-refractivity contribution in [3.8, 4) is 0 Å². The highest BCUT2D eigenvalue weighted by atomic mass is 16.7. The van der Waals surface area contributed by atoms with E-state index in [1.54, 1.807) is 6.08 Å². The SMILES string of the molecule is CCCCCCCCCCCC/C=C/C(O)C(COC1OC(CO)C(O)C(O)C1O)NC(=O)CCCCCCCCC/C=C\CCCCCCCCCCOC(=O)CCCCCCCCCCCCC. The lowest BCUT2D eigenvalue weighted by atomic mass is 9.99. The van der Waals surface area contributed by atoms with Crippen LogP contribution in [0.25, 0.3) is 0 Å². The standard InChI is InChI=1S/C59H111NO10/c1-3-5-7-9-11-13-15-26-29-33-37-41-45-52(62)51(50-69-59-58(67)57(66)56(65)53(49-61)70-59)60-54(63)46-42-38-34-30-27-23-21-19-17-16-18-20-22-24-28-32-36-40-44-48-68-55(64)47-43-39-35-31-25-14-12-10-8-6-4-2/h16-17,41,45,51-53,56-59,61-62,65-67H,3-15,18-40,42-44,46-50H2,1-2H3,(H,60,63)/b17-16-,45-41+. The van der Waals surface area contributed by atoms with Crippen molar-refractivity contribution < 1.29 is 49.3 Å². The minimum absolute atomic E-state index is 0.0112. The first-order chi connectivity index (χ1) is 34.2. The second-order valence-electron chi connectivity index (χ2n) is 20.7. The number of rotatable bonds is 51. The number of unbranched alkanes of at least 4 members (excludes halogenated alkanes) is 35. The zero-order chi connectivity index (χ0) is 51.0. The molecule has 1 amide bonds. The van der Waals surface area contributed by atoms with Gasteiger partial charge >= 0.3 is 5.97 Å². The molecule has 1 aliphatic heterocycles. The molecule has 0 spiro atoms. The van der Waals surface area contributed by atoms with Gasteiger partial charge in [0.1, 0.15) is 24.4 Å². The van der Waals surface area contributed by atoms with Gasteiger partial charge in [0, 0.05) is 12.8 Å². The molecule has 0 aromatic heterocycles. The zero-order valence-electron chi connectivity index (χ0n) is 45.2. The summed E-state index contributed by atoms with van der Waals surface area (Å²) in [5.74, 6) is -0.202. The van der Waals surface area contributed by atoms with Crippen LogP contribution in [0.1, 0.15) is 277 Å². The molecule has 7 atom stereocenters. The molecule has 0 aliphatic carbocycles. The monoisotopic (exact) mass is 994 g/mol. The average Bonchev–Trinajstić information content (AvgIpc) is 3.36. The van der Waals surface area contributed by atoms with Crippen LogP contribution in [0.15, 0.2) is 24.3 Å². The van der Waals surface area contributed by atoms with E-state index in [-0.39, 0.29) is 18.5 Å². The van der Waals surface area contributed by atoms with Crippen LogP contribution in [0.3, 0.4) is 0 Å². The highest BCUT2D eigenvalue weighted by molar-refractivity contribution is 5.76. The molecule has 6 N–H and O–H groups in total. The summed E-state index contributed by atoms with van der Waals surface area (Å²) in [4.78, 5) is 25.0. The summed E-state index contributed by atoms with van der Waals surface area (Å²) in [6.45, 7) is 4.32. The lowest BCUT2D eigenvalue weighted by Crippen LogP contribution is -2.60. The second-order valence-corrected chi connectivity index (χ2v) is 20.7. The normalized spacial score (nSPS) is 19.3. The fourth-order valence-electron chi connectivity index (χ4n) is 9.31. The van der Waals surface area contributed by atoms with Gasteiger partial charge in [0.2, 0.25) is 5.91 Å². The number of hydrogen-bond donors (Lipinski definition) is 6. The number of nitrogens with one attached hydrogen (secondary N) is 1. The lowest BCUT2D eigenvalue weighted by molar-refractivity contribution is -0.302. The quantitative estimate of drug-likeness (QED) is 0.0195. The summed E-state index contributed by atoms with van der Waals surface area (Å²) in [5.41, 5.74) is 0. The van der Waals surface area contributed by atoms with Crippen LogP contribution in [-0.4, -0.2) is 100 Å². The third kappa shape index (κ3) is 38.7. The molecular formula is C59H111NO10. The zero-order valence-corrected chi connectivity index (χ0v) is 45.2. The number of aliphatic hydroxyl groups is 5. The van der Waals surface area contributed by atoms with Crippen LogP contribution in [-0.2, 0) is 23.8 Å². The van der Waals surface area contributed by atoms with Crippen molar-refractivity contribution >= 4 is 11.9 Å². The molecule has 1 saturated heterocycles. The number of carbonyl (C=O) groups excluding carboxylic acids is 2. The maximum Gasteiger partial charge on any atom is 0.305 e. The van der Waals surface area contributed by atoms with Crippen LogP contribution in [0.5, 0.6) is 0 Å². The van der Waals surface area contributed by atoms with E-state index in [4.69, 9.17) is 14.2 Å². The molecule has 412 valence electrons. The first kappa shape index (κ1) is 66.2. The van der Waals surface area contributed by atoms with E-state index in [1.165, 1.54) is 173 Å². The van der Waals surface area contributed by atoms with Crippen molar-refractivity contribution in [2.45, 2.75) is 320 Å². The van der Waals surface area contributed by atoms with Crippen LogP contribution in [0.2, 0.25) is 0 Å². The van der Waals surface area contributed by atoms with Crippen molar-refractivity contribution in [3.05, 3.63) is 24.3 Å². The van der Waals surface area contributed by atoms with Gasteiger partial charge in [-0.3, -0.25) is 9.59 Å². The molecule has 0 aromatic rings. The Hall–Kier alpha value is -1.86. The maximum atomic E-state index is 13.0. The fraction of sp³-hybridized carbons (Fsp3) is 0.898. The Labute approximate surface area is 429 Å². The van der Waals surface area contributed by atoms with E-state index < -0.39 is 49.5 Å². The largest absolute Gasteiger partial charge is 0.466 e. The number of aliphatic hydroxyl groups excluding tert-OH is 5. The van der Waals surface area contributed by atoms with Crippen LogP contribution >= 0.6 is 0 Å². The molecule has 11 nitrogen and oxygen atoms in total. The molecule has 1 fully saturated rings. The summed E-state index contributed by atoms with van der Waals surface area (Å²) in [5, 5.41) is 54.3. The molecule has 0 saturated carbocycles. The molecule has 1 rings (SSSR count). The average molecular weight is 995 g/mol. The van der Waals surface area contributed by atoms with Gasteiger partial charge in [0.05, 0.1) is 32.0 Å². The molecule has 70 heavy (non-hydrogen) atoms. The summed E-state index contributed by atoms with van der Waals surface area (Å²) in [6.07, 6.45) is 48.3. The van der Waals surface area contributed by atoms with Gasteiger partial charge in [-0.05, 0) is 57.8 Å². The van der Waals surface area contributed by atoms with E-state index in [2.05, 4.69) is 31.3 Å². The van der Waals surface area contributed by atoms with E-state index in [9.17, 15) is 35.1 Å². The van der Waals surface area contributed by atoms with E-state index in [0.29, 0.717) is 19.4 Å². The minimum Gasteiger partial charge on any atom is -0.466 e. The van der Waals surface area contributed by atoms with Gasteiger partial charge in [-0.25, -0.2) is 0 Å². The summed E-state index contributed by atoms with van der Waals surface area (Å²) in [7, 11) is 0. The molecule has 7 unspecified atom stereocenters. The number of esters is 1. The summed E-state index contributed by atoms with van der Waals surface area (Å²) >= 11 is 0. The van der Waals surface area contributed by atoms with E-state index in [0.717, 1.165) is 77.0 Å². The van der Waals surface area contributed by atoms with Crippen LogP contribution < -0.4 is 5.32 Å². The van der Waals surface area contributed by atoms with Crippen molar-refractivity contribution in [3.63, 3.8) is 0 Å². The lowest BCUT2D eigenvalue weighted by Gasteiger charge is -2.40. The first-order valence-corrected chi connectivity index (χ1v) is 29.6. The third-order valence-corrected chi connectivity index (χ3v) is 14.1. The Bertz CT molecular complexity index is 1220. The topological polar surface area (TPSA) is 175 Å². The Morgan fingerprint density at radius 1 is 0.514 bits per heavy atom. The molecule has 11 heteroatoms. The highest BCUT2D eigenvalue weighted by Crippen LogP contribution is 2.23. The Morgan fingerprint density at radius 3 is 1.37 bits per heavy atom. The van der Waals surface area contributed by atoms with Gasteiger partial charge in [0.25, 0.3) is 0 Å². The number of amides is 1. The number of carbonyl (C=O) groups is 2. The Kier molecular flexibility index (Phi) is 46.6. The molecule has 0 bridgehead atoms. The predicted octanol–water partition coefficient (Wildman–Crippen LogP) is 13.3. The first-order valence-electron chi connectivity index (χ1n) is 29.6. The van der Waals surface area contributed by atoms with Gasteiger partial charge in [-0.15, -0.1) is 0 Å². The van der Waals surface area contributed by atoms with Gasteiger partial charge in [-0.2, -0.15) is 0 Å². The number of ether oxygens (including phenoxy) is 3. The Morgan fingerprint density at radius 2 is 0.914 bits per heavy atom. The van der Waals surface area contributed by atoms with Crippen molar-refractivity contribution in [1.29, 1.82) is 0 Å². The van der Waals surface area contributed by atoms with Crippen LogP contribution in [0.4, 0.5) is 0 Å². The van der Waals surface area contributed by atoms with Crippen molar-refractivity contribution in [1.82, 2.24) is 5.32 Å². The maximum absolute atomic E-state index is 13.0. The molecular weight excluding hydrogens is 883 g/mol. The van der Waals surface area contributed by atoms with Gasteiger partial charge in [0.15, 0.2) is 6.29 Å². The highest BCUT2D eigenvalue weighted by Gasteiger charge is 2.44. The van der Waals surface area contributed by atoms with Crippen LogP contribution in [0, 0.1) is 0 Å². The Balaban J connectivity index is 2.10. The smallest absolute Gasteiger partial charge is 0.305 e.